The fourth-order valence-electron chi connectivity index (χ4n) is 0. The van der Waals surface area contributed by atoms with Gasteiger partial charge in [0.25, 0.3) is 0 Å². The van der Waals surface area contributed by atoms with Crippen molar-refractivity contribution in [3.05, 3.63) is 0 Å². The molecule has 0 spiro atoms. The first-order valence-corrected chi connectivity index (χ1v) is 3.08. The minimum Gasteiger partial charge on any atom is -0.147 e. The SMILES string of the molecule is C[CH2][Sn].Cl.Cl. The third-order valence-corrected chi connectivity index (χ3v) is 0. The molecule has 0 nitrogen and oxygen atoms in total. The Morgan fingerprint density at radius 2 is 1.40 bits per heavy atom. The Labute approximate surface area is 58.6 Å². The normalized spacial score (nSPS) is 3.60. The van der Waals surface area contributed by atoms with Crippen molar-refractivity contribution in [1.82, 2.24) is 0 Å². The average molecular weight is 221 g/mol. The molecule has 0 aliphatic heterocycles. The van der Waals surface area contributed by atoms with E-state index in [-0.39, 0.29) is 24.8 Å². The molecule has 0 saturated heterocycles. The van der Waals surface area contributed by atoms with Crippen LogP contribution >= 0.6 is 24.8 Å². The molecule has 0 unspecified atom stereocenters. The van der Waals surface area contributed by atoms with E-state index in [9.17, 15) is 0 Å². The van der Waals surface area contributed by atoms with Crippen molar-refractivity contribution in [3.63, 3.8) is 0 Å². The van der Waals surface area contributed by atoms with Crippen LogP contribution in [0, 0.1) is 0 Å². The maximum atomic E-state index is 2.16. The van der Waals surface area contributed by atoms with Gasteiger partial charge in [0.05, 0.1) is 0 Å². The molecule has 0 fully saturated rings. The molecule has 0 aliphatic carbocycles. The predicted molar refractivity (Wildman–Crippen MR) is 30.7 cm³/mol. The molecule has 0 aromatic carbocycles. The first-order valence-electron chi connectivity index (χ1n) is 1.06. The molecule has 33 valence electrons. The van der Waals surface area contributed by atoms with Gasteiger partial charge in [-0.1, -0.05) is 0 Å². The van der Waals surface area contributed by atoms with Crippen LogP contribution in [-0.2, 0) is 0 Å². The van der Waals surface area contributed by atoms with Gasteiger partial charge >= 0.3 is 33.9 Å². The summed E-state index contributed by atoms with van der Waals surface area (Å²) in [6, 6.07) is 0. The molecule has 0 saturated carbocycles. The second-order valence-corrected chi connectivity index (χ2v) is 2.37. The van der Waals surface area contributed by atoms with Crippen molar-refractivity contribution < 1.29 is 0 Å². The number of halogens is 2. The van der Waals surface area contributed by atoms with E-state index in [0.29, 0.717) is 0 Å². The quantitative estimate of drug-likeness (QED) is 0.542. The Kier molecular flexibility index (Phi) is 58.9. The van der Waals surface area contributed by atoms with Gasteiger partial charge in [-0.2, -0.15) is 0 Å². The predicted octanol–water partition coefficient (Wildman–Crippen LogP) is 1.44. The van der Waals surface area contributed by atoms with Crippen molar-refractivity contribution >= 4 is 47.3 Å². The largest absolute Gasteiger partial charge is 0.147 e. The molecule has 0 heterocycles. The van der Waals surface area contributed by atoms with Crippen molar-refractivity contribution in [2.75, 3.05) is 0 Å². The van der Waals surface area contributed by atoms with Gasteiger partial charge in [0, 0.05) is 0 Å². The topological polar surface area (TPSA) is 0 Å². The molecular formula is C2H7Cl2Sn. The molecule has 5 heavy (non-hydrogen) atoms. The molecule has 3 radical (unpaired) electrons. The molecule has 0 atom stereocenters. The Hall–Kier alpha value is 1.38. The third kappa shape index (κ3) is 32.3. The molecule has 0 aromatic rings. The monoisotopic (exact) mass is 221 g/mol. The Morgan fingerprint density at radius 3 is 1.40 bits per heavy atom. The van der Waals surface area contributed by atoms with E-state index in [1.807, 2.05) is 0 Å². The zero-order chi connectivity index (χ0) is 2.71. The standard InChI is InChI=1S/C2H5.2ClH.Sn/c1-2;;;/h1H2,2H3;2*1H;. The van der Waals surface area contributed by atoms with E-state index >= 15 is 0 Å². The van der Waals surface area contributed by atoms with Gasteiger partial charge in [-0.3, -0.25) is 0 Å². The van der Waals surface area contributed by atoms with Crippen molar-refractivity contribution in [3.8, 4) is 0 Å². The number of rotatable bonds is 0. The van der Waals surface area contributed by atoms with Gasteiger partial charge < -0.3 is 0 Å². The van der Waals surface area contributed by atoms with Crippen LogP contribution in [0.4, 0.5) is 0 Å². The Balaban J connectivity index is -0.0000000200. The summed E-state index contributed by atoms with van der Waals surface area (Å²) in [4.78, 5) is 0. The van der Waals surface area contributed by atoms with Crippen LogP contribution in [0.15, 0.2) is 0 Å². The van der Waals surface area contributed by atoms with E-state index in [2.05, 4.69) is 6.92 Å². The molecule has 0 aromatic heterocycles. The van der Waals surface area contributed by atoms with Crippen LogP contribution in [0.2, 0.25) is 4.44 Å². The van der Waals surface area contributed by atoms with Gasteiger partial charge in [0.15, 0.2) is 0 Å². The van der Waals surface area contributed by atoms with Gasteiger partial charge in [-0.05, 0) is 0 Å². The van der Waals surface area contributed by atoms with Crippen LogP contribution in [0.25, 0.3) is 0 Å². The van der Waals surface area contributed by atoms with Crippen molar-refractivity contribution in [1.29, 1.82) is 0 Å². The number of hydrogen-bond acceptors (Lipinski definition) is 0. The number of hydrogen-bond donors (Lipinski definition) is 0. The summed E-state index contributed by atoms with van der Waals surface area (Å²) in [7, 11) is 0. The van der Waals surface area contributed by atoms with E-state index in [0.717, 1.165) is 0 Å². The first-order chi connectivity index (χ1) is 1.41. The first kappa shape index (κ1) is 16.2. The average Bonchev–Trinajstić information content (AvgIpc) is 0.918. The zero-order valence-electron chi connectivity index (χ0n) is 3.02. The second-order valence-electron chi connectivity index (χ2n) is 0.354. The molecule has 3 heteroatoms. The van der Waals surface area contributed by atoms with Gasteiger partial charge in [0.1, 0.15) is 0 Å². The van der Waals surface area contributed by atoms with Crippen LogP contribution < -0.4 is 0 Å². The maximum Gasteiger partial charge on any atom is -0.147 e. The molecule has 0 rings (SSSR count). The summed E-state index contributed by atoms with van der Waals surface area (Å²) in [5.74, 6) is 0. The van der Waals surface area contributed by atoms with E-state index in [1.54, 1.807) is 22.5 Å². The smallest absolute Gasteiger partial charge is 0.147 e. The Morgan fingerprint density at radius 1 is 1.40 bits per heavy atom. The summed E-state index contributed by atoms with van der Waals surface area (Å²) in [5, 5.41) is 0. The van der Waals surface area contributed by atoms with Crippen LogP contribution in [0.1, 0.15) is 6.92 Å². The van der Waals surface area contributed by atoms with Crippen molar-refractivity contribution in [2.45, 2.75) is 11.4 Å². The fraction of sp³-hybridized carbons (Fsp3) is 1.00. The molecule has 0 amide bonds. The van der Waals surface area contributed by atoms with Crippen LogP contribution in [0.3, 0.4) is 0 Å². The summed E-state index contributed by atoms with van der Waals surface area (Å²) in [6.07, 6.45) is 0. The van der Waals surface area contributed by atoms with Crippen LogP contribution in [0.5, 0.6) is 0 Å². The minimum absolute atomic E-state index is 0. The van der Waals surface area contributed by atoms with E-state index < -0.39 is 0 Å². The molecule has 0 N–H and O–H groups in total. The zero-order valence-corrected chi connectivity index (χ0v) is 7.51. The van der Waals surface area contributed by atoms with E-state index in [4.69, 9.17) is 0 Å². The van der Waals surface area contributed by atoms with E-state index in [1.165, 1.54) is 4.44 Å². The van der Waals surface area contributed by atoms with Gasteiger partial charge in [-0.15, -0.1) is 24.8 Å². The molecule has 0 bridgehead atoms. The minimum atomic E-state index is 0. The Bertz CT molecular complexity index is 7.61. The summed E-state index contributed by atoms with van der Waals surface area (Å²) in [5.41, 5.74) is 0. The maximum absolute atomic E-state index is 2.16. The van der Waals surface area contributed by atoms with Gasteiger partial charge in [-0.25, -0.2) is 0 Å². The summed E-state index contributed by atoms with van der Waals surface area (Å²) >= 11 is 1.64. The summed E-state index contributed by atoms with van der Waals surface area (Å²) in [6.45, 7) is 2.16. The van der Waals surface area contributed by atoms with Crippen molar-refractivity contribution in [2.24, 2.45) is 0 Å². The summed E-state index contributed by atoms with van der Waals surface area (Å²) < 4.78 is 1.34. The molecule has 0 aliphatic rings. The second kappa shape index (κ2) is 18.2. The molecular weight excluding hydrogens is 214 g/mol. The van der Waals surface area contributed by atoms with Gasteiger partial charge in [0.2, 0.25) is 0 Å². The van der Waals surface area contributed by atoms with Crippen LogP contribution in [-0.4, -0.2) is 22.5 Å². The third-order valence-electron chi connectivity index (χ3n) is 0. The fourth-order valence-corrected chi connectivity index (χ4v) is 0.